The van der Waals surface area contributed by atoms with Gasteiger partial charge in [-0.1, -0.05) is 29.3 Å². The van der Waals surface area contributed by atoms with Gasteiger partial charge in [-0.25, -0.2) is 4.79 Å². The maximum Gasteiger partial charge on any atom is 0.410 e. The predicted molar refractivity (Wildman–Crippen MR) is 94.1 cm³/mol. The van der Waals surface area contributed by atoms with E-state index in [0.717, 1.165) is 31.5 Å². The lowest BCUT2D eigenvalue weighted by atomic mass is 10.2. The van der Waals surface area contributed by atoms with Crippen molar-refractivity contribution < 1.29 is 9.53 Å². The van der Waals surface area contributed by atoms with Crippen molar-refractivity contribution in [1.82, 2.24) is 10.2 Å². The molecule has 0 aliphatic carbocycles. The molecular weight excluding hydrogens is 335 g/mol. The number of likely N-dealkylation sites (tertiary alicyclic amines) is 1. The Balaban J connectivity index is 1.85. The van der Waals surface area contributed by atoms with Gasteiger partial charge in [0, 0.05) is 35.7 Å². The average molecular weight is 359 g/mol. The van der Waals surface area contributed by atoms with Crippen molar-refractivity contribution in [1.29, 1.82) is 0 Å². The van der Waals surface area contributed by atoms with Gasteiger partial charge in [0.15, 0.2) is 0 Å². The third-order valence-electron chi connectivity index (χ3n) is 3.72. The van der Waals surface area contributed by atoms with Crippen LogP contribution in [0.15, 0.2) is 18.2 Å². The van der Waals surface area contributed by atoms with Gasteiger partial charge in [0.1, 0.15) is 5.60 Å². The molecule has 1 fully saturated rings. The van der Waals surface area contributed by atoms with E-state index in [2.05, 4.69) is 5.32 Å². The van der Waals surface area contributed by atoms with Crippen molar-refractivity contribution >= 4 is 29.3 Å². The first-order chi connectivity index (χ1) is 10.8. The number of hydrogen-bond acceptors (Lipinski definition) is 3. The van der Waals surface area contributed by atoms with Gasteiger partial charge in [0.25, 0.3) is 0 Å². The van der Waals surface area contributed by atoms with E-state index >= 15 is 0 Å². The van der Waals surface area contributed by atoms with Crippen LogP contribution < -0.4 is 5.32 Å². The van der Waals surface area contributed by atoms with Gasteiger partial charge >= 0.3 is 6.09 Å². The van der Waals surface area contributed by atoms with Crippen molar-refractivity contribution in [2.75, 3.05) is 13.1 Å². The summed E-state index contributed by atoms with van der Waals surface area (Å²) >= 11 is 12.1. The highest BCUT2D eigenvalue weighted by atomic mass is 35.5. The first-order valence-corrected chi connectivity index (χ1v) is 8.66. The molecule has 23 heavy (non-hydrogen) atoms. The normalized spacial score (nSPS) is 18.3. The SMILES string of the molecule is CC(C)(C)OC(=O)N1CCCC1CNCc1ccc(Cl)cc1Cl. The fraction of sp³-hybridized carbons (Fsp3) is 0.588. The second-order valence-electron chi connectivity index (χ2n) is 6.84. The minimum absolute atomic E-state index is 0.163. The fourth-order valence-electron chi connectivity index (χ4n) is 2.65. The Hall–Kier alpha value is -0.970. The van der Waals surface area contributed by atoms with Gasteiger partial charge in [-0.05, 0) is 51.3 Å². The van der Waals surface area contributed by atoms with Crippen molar-refractivity contribution in [2.45, 2.75) is 51.8 Å². The Morgan fingerprint density at radius 2 is 2.13 bits per heavy atom. The van der Waals surface area contributed by atoms with E-state index in [4.69, 9.17) is 27.9 Å². The number of ether oxygens (including phenoxy) is 1. The number of halogens is 2. The first kappa shape index (κ1) is 18.4. The van der Waals surface area contributed by atoms with Crippen LogP contribution in [-0.2, 0) is 11.3 Å². The molecule has 0 radical (unpaired) electrons. The van der Waals surface area contributed by atoms with E-state index in [0.29, 0.717) is 16.6 Å². The number of nitrogens with zero attached hydrogens (tertiary/aromatic N) is 1. The van der Waals surface area contributed by atoms with Crippen LogP contribution in [0.5, 0.6) is 0 Å². The van der Waals surface area contributed by atoms with E-state index in [1.807, 2.05) is 37.8 Å². The monoisotopic (exact) mass is 358 g/mol. The van der Waals surface area contributed by atoms with E-state index in [-0.39, 0.29) is 12.1 Å². The summed E-state index contributed by atoms with van der Waals surface area (Å²) < 4.78 is 5.47. The molecule has 1 N–H and O–H groups in total. The Kier molecular flexibility index (Phi) is 6.18. The summed E-state index contributed by atoms with van der Waals surface area (Å²) in [4.78, 5) is 14.1. The number of benzene rings is 1. The Morgan fingerprint density at radius 3 is 2.78 bits per heavy atom. The molecule has 128 valence electrons. The van der Waals surface area contributed by atoms with Crippen molar-refractivity contribution in [3.63, 3.8) is 0 Å². The molecule has 0 bridgehead atoms. The lowest BCUT2D eigenvalue weighted by Gasteiger charge is -2.28. The molecule has 1 saturated heterocycles. The molecule has 1 aliphatic rings. The van der Waals surface area contributed by atoms with Gasteiger partial charge in [-0.3, -0.25) is 0 Å². The molecule has 1 atom stereocenters. The highest BCUT2D eigenvalue weighted by Gasteiger charge is 2.31. The summed E-state index contributed by atoms with van der Waals surface area (Å²) in [6, 6.07) is 5.64. The fourth-order valence-corrected chi connectivity index (χ4v) is 3.12. The summed E-state index contributed by atoms with van der Waals surface area (Å²) in [6.07, 6.45) is 1.76. The Morgan fingerprint density at radius 1 is 1.39 bits per heavy atom. The standard InChI is InChI=1S/C17H24Cl2N2O2/c1-17(2,3)23-16(22)21-8-4-5-14(21)11-20-10-12-6-7-13(18)9-15(12)19/h6-7,9,14,20H,4-5,8,10-11H2,1-3H3. The summed E-state index contributed by atoms with van der Waals surface area (Å²) in [7, 11) is 0. The number of rotatable bonds is 4. The van der Waals surface area contributed by atoms with Crippen molar-refractivity contribution in [3.8, 4) is 0 Å². The van der Waals surface area contributed by atoms with E-state index in [1.54, 1.807) is 6.07 Å². The lowest BCUT2D eigenvalue weighted by molar-refractivity contribution is 0.0226. The largest absolute Gasteiger partial charge is 0.444 e. The first-order valence-electron chi connectivity index (χ1n) is 7.90. The van der Waals surface area contributed by atoms with Gasteiger partial charge < -0.3 is 15.0 Å². The van der Waals surface area contributed by atoms with Crippen LogP contribution in [0.3, 0.4) is 0 Å². The predicted octanol–water partition coefficient (Wildman–Crippen LogP) is 4.48. The Labute approximate surface area is 148 Å². The molecule has 0 spiro atoms. The molecule has 6 heteroatoms. The van der Waals surface area contributed by atoms with Gasteiger partial charge in [-0.15, -0.1) is 0 Å². The summed E-state index contributed by atoms with van der Waals surface area (Å²) in [5.74, 6) is 0. The molecule has 1 unspecified atom stereocenters. The second-order valence-corrected chi connectivity index (χ2v) is 7.68. The molecular formula is C17H24Cl2N2O2. The quantitative estimate of drug-likeness (QED) is 0.862. The van der Waals surface area contributed by atoms with Crippen LogP contribution in [0, 0.1) is 0 Å². The molecule has 1 aromatic rings. The molecule has 0 saturated carbocycles. The number of amides is 1. The molecule has 2 rings (SSSR count). The van der Waals surface area contributed by atoms with Gasteiger partial charge in [0.05, 0.1) is 0 Å². The molecule has 0 aromatic heterocycles. The second kappa shape index (κ2) is 7.73. The zero-order valence-electron chi connectivity index (χ0n) is 13.9. The number of nitrogens with one attached hydrogen (secondary N) is 1. The van der Waals surface area contributed by atoms with Crippen LogP contribution in [0.2, 0.25) is 10.0 Å². The van der Waals surface area contributed by atoms with Crippen LogP contribution in [0.4, 0.5) is 4.79 Å². The average Bonchev–Trinajstić information content (AvgIpc) is 2.88. The lowest BCUT2D eigenvalue weighted by Crippen LogP contribution is -2.44. The third kappa shape index (κ3) is 5.55. The topological polar surface area (TPSA) is 41.6 Å². The minimum Gasteiger partial charge on any atom is -0.444 e. The van der Waals surface area contributed by atoms with E-state index in [9.17, 15) is 4.79 Å². The zero-order valence-corrected chi connectivity index (χ0v) is 15.4. The number of hydrogen-bond donors (Lipinski definition) is 1. The number of carbonyl (C=O) groups excluding carboxylic acids is 1. The minimum atomic E-state index is -0.464. The van der Waals surface area contributed by atoms with Gasteiger partial charge in [-0.2, -0.15) is 0 Å². The molecule has 1 heterocycles. The van der Waals surface area contributed by atoms with Crippen LogP contribution in [0.25, 0.3) is 0 Å². The highest BCUT2D eigenvalue weighted by molar-refractivity contribution is 6.35. The van der Waals surface area contributed by atoms with Crippen molar-refractivity contribution in [3.05, 3.63) is 33.8 Å². The molecule has 4 nitrogen and oxygen atoms in total. The number of carbonyl (C=O) groups is 1. The smallest absolute Gasteiger partial charge is 0.410 e. The maximum atomic E-state index is 12.2. The Bertz CT molecular complexity index is 558. The van der Waals surface area contributed by atoms with Crippen LogP contribution >= 0.6 is 23.2 Å². The third-order valence-corrected chi connectivity index (χ3v) is 4.30. The zero-order chi connectivity index (χ0) is 17.0. The van der Waals surface area contributed by atoms with Crippen LogP contribution in [0.1, 0.15) is 39.2 Å². The van der Waals surface area contributed by atoms with E-state index in [1.165, 1.54) is 0 Å². The maximum absolute atomic E-state index is 12.2. The summed E-state index contributed by atoms with van der Waals surface area (Å²) in [5.41, 5.74) is 0.534. The van der Waals surface area contributed by atoms with Gasteiger partial charge in [0.2, 0.25) is 0 Å². The van der Waals surface area contributed by atoms with E-state index < -0.39 is 5.60 Å². The highest BCUT2D eigenvalue weighted by Crippen LogP contribution is 2.22. The molecule has 1 aliphatic heterocycles. The molecule has 1 aromatic carbocycles. The summed E-state index contributed by atoms with van der Waals surface area (Å²) in [6.45, 7) is 7.78. The molecule has 1 amide bonds. The van der Waals surface area contributed by atoms with Crippen molar-refractivity contribution in [2.24, 2.45) is 0 Å². The van der Waals surface area contributed by atoms with Crippen LogP contribution in [-0.4, -0.2) is 35.7 Å². The summed E-state index contributed by atoms with van der Waals surface area (Å²) in [5, 5.41) is 4.66.